The van der Waals surface area contributed by atoms with Crippen LogP contribution in [-0.4, -0.2) is 20.5 Å². The first-order valence-electron chi connectivity index (χ1n) is 9.30. The van der Waals surface area contributed by atoms with Crippen LogP contribution in [0.15, 0.2) is 36.4 Å². The van der Waals surface area contributed by atoms with Gasteiger partial charge in [-0.1, -0.05) is 47.1 Å². The summed E-state index contributed by atoms with van der Waals surface area (Å²) in [5, 5.41) is 3.12. The largest absolute Gasteiger partial charge is 4.00 e. The van der Waals surface area contributed by atoms with Gasteiger partial charge in [0.25, 0.3) is 0 Å². The Hall–Kier alpha value is -0.852. The van der Waals surface area contributed by atoms with Crippen molar-refractivity contribution in [2.24, 2.45) is 0 Å². The molecule has 7 heteroatoms. The maximum absolute atomic E-state index is 11.8. The van der Waals surface area contributed by atoms with E-state index in [9.17, 15) is 13.2 Å². The molecule has 0 saturated heterocycles. The van der Waals surface area contributed by atoms with Crippen LogP contribution < -0.4 is 22.8 Å². The standard InChI is InChI=1S/2C8H13Si.C7H4F3.ClH.Ti/c2*1-5-4-8(9)7(3)6(5)2;8-7(9,10)6-4-2-1-3-5-6;;/h2*4H,1-3,9H3;1-4H;1H;/q3*-1;;+4/p-1. The number of rotatable bonds is 0. The van der Waals surface area contributed by atoms with Gasteiger partial charge in [-0.25, -0.2) is 0 Å². The summed E-state index contributed by atoms with van der Waals surface area (Å²) in [5.41, 5.74) is 8.18. The summed E-state index contributed by atoms with van der Waals surface area (Å²) in [7, 11) is 2.39. The van der Waals surface area contributed by atoms with E-state index in [1.54, 1.807) is 10.4 Å². The molecule has 0 N–H and O–H groups in total. The SMILES string of the molecule is Cc1c[c-]([SiH3])c(C)c1C.Cc1c[c-]([SiH3])c(C)c1C.FC(F)(F)c1[c-]cccc1.[Cl-].[Ti+4]. The van der Waals surface area contributed by atoms with Crippen molar-refractivity contribution in [1.29, 1.82) is 0 Å². The van der Waals surface area contributed by atoms with Gasteiger partial charge in [0.15, 0.2) is 0 Å². The molecule has 0 atom stereocenters. The molecule has 0 fully saturated rings. The predicted molar refractivity (Wildman–Crippen MR) is 122 cm³/mol. The van der Waals surface area contributed by atoms with E-state index >= 15 is 0 Å². The van der Waals surface area contributed by atoms with Crippen LogP contribution in [0.25, 0.3) is 0 Å². The second kappa shape index (κ2) is 13.5. The fourth-order valence-electron chi connectivity index (χ4n) is 2.84. The summed E-state index contributed by atoms with van der Waals surface area (Å²) in [6.07, 6.45) is -4.26. The molecule has 0 spiro atoms. The minimum atomic E-state index is -4.26. The molecule has 3 aromatic carbocycles. The maximum Gasteiger partial charge on any atom is 4.00 e. The van der Waals surface area contributed by atoms with Gasteiger partial charge in [-0.15, -0.1) is 0 Å². The van der Waals surface area contributed by atoms with Gasteiger partial charge < -0.3 is 12.4 Å². The first-order chi connectivity index (χ1) is 12.9. The number of benzene rings is 1. The molecule has 3 aromatic rings. The Morgan fingerprint density at radius 3 is 1.33 bits per heavy atom. The molecule has 0 heterocycles. The minimum absolute atomic E-state index is 0. The molecule has 0 saturated carbocycles. The zero-order valence-electron chi connectivity index (χ0n) is 19.0. The Bertz CT molecular complexity index is 802. The smallest absolute Gasteiger partial charge is 1.00 e. The molecule has 0 unspecified atom stereocenters. The molecule has 0 aromatic heterocycles. The second-order valence-electron chi connectivity index (χ2n) is 7.29. The van der Waals surface area contributed by atoms with Gasteiger partial charge in [0.2, 0.25) is 0 Å². The molecule has 0 bridgehead atoms. The monoisotopic (exact) mass is 502 g/mol. The first-order valence-corrected chi connectivity index (χ1v) is 11.3. The third-order valence-corrected chi connectivity index (χ3v) is 7.45. The topological polar surface area (TPSA) is 0 Å². The number of hydrogen-bond donors (Lipinski definition) is 0. The van der Waals surface area contributed by atoms with E-state index in [-0.39, 0.29) is 34.1 Å². The van der Waals surface area contributed by atoms with Crippen molar-refractivity contribution in [3.8, 4) is 0 Å². The van der Waals surface area contributed by atoms with Crippen LogP contribution in [0.2, 0.25) is 0 Å². The van der Waals surface area contributed by atoms with Gasteiger partial charge in [0.1, 0.15) is 0 Å². The molecule has 30 heavy (non-hydrogen) atoms. The average molecular weight is 503 g/mol. The summed E-state index contributed by atoms with van der Waals surface area (Å²) in [5.74, 6) is 0. The molecular weight excluding hydrogens is 473 g/mol. The van der Waals surface area contributed by atoms with Crippen LogP contribution in [0, 0.1) is 47.6 Å². The number of hydrogen-bond acceptors (Lipinski definition) is 0. The Morgan fingerprint density at radius 1 is 0.800 bits per heavy atom. The van der Waals surface area contributed by atoms with Crippen LogP contribution >= 0.6 is 0 Å². The molecule has 0 amide bonds. The fourth-order valence-corrected chi connectivity index (χ4v) is 4.45. The summed E-state index contributed by atoms with van der Waals surface area (Å²) < 4.78 is 35.3. The molecule has 0 aliphatic heterocycles. The Balaban J connectivity index is 0. The van der Waals surface area contributed by atoms with Gasteiger partial charge >= 0.3 is 27.9 Å². The first kappa shape index (κ1) is 31.3. The number of alkyl halides is 3. The van der Waals surface area contributed by atoms with Crippen LogP contribution in [0.5, 0.6) is 0 Å². The van der Waals surface area contributed by atoms with E-state index in [0.717, 1.165) is 6.07 Å². The van der Waals surface area contributed by atoms with Crippen LogP contribution in [-0.2, 0) is 27.9 Å². The zero-order chi connectivity index (χ0) is 21.6. The Kier molecular flexibility index (Phi) is 14.1. The van der Waals surface area contributed by atoms with Crippen molar-refractivity contribution < 1.29 is 47.3 Å². The quantitative estimate of drug-likeness (QED) is 0.303. The van der Waals surface area contributed by atoms with E-state index < -0.39 is 11.7 Å². The van der Waals surface area contributed by atoms with E-state index in [4.69, 9.17) is 0 Å². The predicted octanol–water partition coefficient (Wildman–Crippen LogP) is 0.150. The summed E-state index contributed by atoms with van der Waals surface area (Å²) in [6, 6.07) is 11.7. The van der Waals surface area contributed by atoms with Gasteiger partial charge in [-0.05, 0) is 20.5 Å². The molecule has 0 radical (unpaired) electrons. The maximum atomic E-state index is 11.8. The molecule has 0 aliphatic carbocycles. The third-order valence-electron chi connectivity index (χ3n) is 5.37. The van der Waals surface area contributed by atoms with Crippen LogP contribution in [0.1, 0.15) is 38.9 Å². The van der Waals surface area contributed by atoms with Crippen LogP contribution in [0.3, 0.4) is 0 Å². The molecule has 162 valence electrons. The van der Waals surface area contributed by atoms with Crippen molar-refractivity contribution >= 4 is 30.9 Å². The van der Waals surface area contributed by atoms with E-state index in [0.29, 0.717) is 0 Å². The van der Waals surface area contributed by atoms with Crippen molar-refractivity contribution in [2.45, 2.75) is 47.7 Å². The van der Waals surface area contributed by atoms with Crippen LogP contribution in [0.4, 0.5) is 13.2 Å². The van der Waals surface area contributed by atoms with Gasteiger partial charge in [-0.2, -0.15) is 99.4 Å². The van der Waals surface area contributed by atoms with E-state index in [1.807, 2.05) is 0 Å². The van der Waals surface area contributed by atoms with E-state index in [2.05, 4.69) is 59.7 Å². The normalized spacial score (nSPS) is 10.2. The second-order valence-corrected chi connectivity index (χ2v) is 9.45. The van der Waals surface area contributed by atoms with Gasteiger partial charge in [-0.3, -0.25) is 0 Å². The van der Waals surface area contributed by atoms with Crippen molar-refractivity contribution in [1.82, 2.24) is 0 Å². The number of halogens is 4. The fraction of sp³-hybridized carbons (Fsp3) is 0.304. The Morgan fingerprint density at radius 2 is 1.20 bits per heavy atom. The average Bonchev–Trinajstić information content (AvgIpc) is 2.99. The molecule has 0 nitrogen and oxygen atoms in total. The minimum Gasteiger partial charge on any atom is -1.00 e. The zero-order valence-corrected chi connectivity index (χ0v) is 25.3. The van der Waals surface area contributed by atoms with Gasteiger partial charge in [0.05, 0.1) is 0 Å². The third kappa shape index (κ3) is 9.11. The molecule has 3 rings (SSSR count). The summed E-state index contributed by atoms with van der Waals surface area (Å²) in [4.78, 5) is 0. The summed E-state index contributed by atoms with van der Waals surface area (Å²) >= 11 is 0. The molecule has 0 aliphatic rings. The Labute approximate surface area is 206 Å². The number of aryl methyl sites for hydroxylation is 2. The molecular formula is C23H30ClF3Si2Ti. The van der Waals surface area contributed by atoms with Crippen molar-refractivity contribution in [3.63, 3.8) is 0 Å². The summed E-state index contributed by atoms with van der Waals surface area (Å²) in [6.45, 7) is 13.2. The van der Waals surface area contributed by atoms with Crippen molar-refractivity contribution in [3.05, 3.63) is 81.4 Å². The van der Waals surface area contributed by atoms with Crippen molar-refractivity contribution in [2.75, 3.05) is 0 Å². The van der Waals surface area contributed by atoms with Gasteiger partial charge in [0, 0.05) is 0 Å². The van der Waals surface area contributed by atoms with E-state index in [1.165, 1.54) is 72.1 Å².